The molecule has 0 saturated carbocycles. The normalized spacial score (nSPS) is 14.8. The number of benzene rings is 7. The van der Waals surface area contributed by atoms with Gasteiger partial charge in [-0.2, -0.15) is 0 Å². The van der Waals surface area contributed by atoms with Crippen molar-refractivity contribution in [3.63, 3.8) is 0 Å². The Kier molecular flexibility index (Phi) is 6.81. The molecule has 0 fully saturated rings. The molecule has 2 aromatic heterocycles. The minimum Gasteiger partial charge on any atom is -0.309 e. The molecule has 0 aliphatic carbocycles. The van der Waals surface area contributed by atoms with Crippen molar-refractivity contribution in [2.45, 2.75) is 12.5 Å². The molecule has 1 aliphatic heterocycles. The van der Waals surface area contributed by atoms with E-state index in [1.54, 1.807) is 0 Å². The number of aromatic nitrogens is 1. The summed E-state index contributed by atoms with van der Waals surface area (Å²) in [4.78, 5) is 10.9. The van der Waals surface area contributed by atoms with Crippen LogP contribution in [0, 0.1) is 0 Å². The lowest BCUT2D eigenvalue weighted by Crippen LogP contribution is -2.17. The third-order valence-electron chi connectivity index (χ3n) is 9.94. The van der Waals surface area contributed by atoms with E-state index < -0.39 is 0 Å². The Morgan fingerprint density at radius 2 is 1.20 bits per heavy atom. The van der Waals surface area contributed by atoms with Gasteiger partial charge in [-0.3, -0.25) is 4.99 Å². The van der Waals surface area contributed by atoms with Crippen LogP contribution in [0.5, 0.6) is 0 Å². The van der Waals surface area contributed by atoms with Crippen molar-refractivity contribution in [2.24, 2.45) is 9.98 Å². The molecule has 7 aromatic carbocycles. The third kappa shape index (κ3) is 4.72. The van der Waals surface area contributed by atoms with Crippen LogP contribution in [0.25, 0.3) is 58.8 Å². The molecule has 236 valence electrons. The molecule has 1 aliphatic rings. The van der Waals surface area contributed by atoms with Crippen LogP contribution in [0.2, 0.25) is 0 Å². The van der Waals surface area contributed by atoms with Crippen LogP contribution in [0.4, 0.5) is 0 Å². The van der Waals surface area contributed by atoms with Crippen LogP contribution in [0.15, 0.2) is 180 Å². The van der Waals surface area contributed by atoms with Gasteiger partial charge in [0.1, 0.15) is 0 Å². The number of rotatable bonds is 5. The average Bonchev–Trinajstić information content (AvgIpc) is 3.74. The topological polar surface area (TPSA) is 29.6 Å². The van der Waals surface area contributed by atoms with Crippen LogP contribution in [0.1, 0.15) is 29.2 Å². The first-order chi connectivity index (χ1) is 24.8. The molecule has 0 amide bonds. The predicted octanol–water partition coefficient (Wildman–Crippen LogP) is 12.2. The molecule has 50 heavy (non-hydrogen) atoms. The predicted molar refractivity (Wildman–Crippen MR) is 212 cm³/mol. The van der Waals surface area contributed by atoms with E-state index in [4.69, 9.17) is 9.98 Å². The summed E-state index contributed by atoms with van der Waals surface area (Å²) < 4.78 is 4.94. The zero-order chi connectivity index (χ0) is 33.0. The van der Waals surface area contributed by atoms with E-state index in [2.05, 4.69) is 174 Å². The van der Waals surface area contributed by atoms with E-state index in [0.29, 0.717) is 0 Å². The Bertz CT molecular complexity index is 2770. The highest BCUT2D eigenvalue weighted by Gasteiger charge is 2.25. The highest BCUT2D eigenvalue weighted by atomic mass is 32.1. The van der Waals surface area contributed by atoms with Gasteiger partial charge >= 0.3 is 0 Å². The molecule has 3 nitrogen and oxygen atoms in total. The van der Waals surface area contributed by atoms with Crippen molar-refractivity contribution in [1.29, 1.82) is 0 Å². The van der Waals surface area contributed by atoms with Crippen LogP contribution >= 0.6 is 11.3 Å². The van der Waals surface area contributed by atoms with E-state index in [-0.39, 0.29) is 6.04 Å². The first kappa shape index (κ1) is 28.9. The van der Waals surface area contributed by atoms with Crippen molar-refractivity contribution in [3.8, 4) is 16.8 Å². The number of aliphatic imine (C=N–C) groups is 2. The fourth-order valence-corrected chi connectivity index (χ4v) is 8.84. The second-order valence-electron chi connectivity index (χ2n) is 12.9. The second kappa shape index (κ2) is 11.8. The van der Waals surface area contributed by atoms with Gasteiger partial charge in [0.25, 0.3) is 0 Å². The minimum atomic E-state index is -0.0413. The molecule has 4 heteroatoms. The summed E-state index contributed by atoms with van der Waals surface area (Å²) >= 11 is 1.84. The van der Waals surface area contributed by atoms with Crippen LogP contribution in [-0.4, -0.2) is 16.1 Å². The maximum Gasteiger partial charge on any atom is 0.156 e. The summed E-state index contributed by atoms with van der Waals surface area (Å²) in [5.74, 6) is 0.781. The molecule has 0 N–H and O–H groups in total. The summed E-state index contributed by atoms with van der Waals surface area (Å²) in [5.41, 5.74) is 10.4. The number of fused-ring (bicyclic) bond motifs is 6. The molecular weight excluding hydrogens is 627 g/mol. The van der Waals surface area contributed by atoms with Gasteiger partial charge in [0.2, 0.25) is 0 Å². The number of hydrogen-bond donors (Lipinski definition) is 0. The lowest BCUT2D eigenvalue weighted by atomic mass is 9.95. The largest absolute Gasteiger partial charge is 0.309 e. The fourth-order valence-electron chi connectivity index (χ4n) is 7.67. The standard InChI is InChI=1S/C46H31N3S/c1-4-15-30(16-5-1)34-23-14-24-36-35-21-10-12-25-41(35)49(45(34)36)33-27-38(44-37-22-11-13-26-42(37)50-43(44)28-33)46-47-39(31-17-6-2-7-18-31)29-40(48-46)32-19-8-3-9-20-32/h1-28,39H,29H2. The zero-order valence-electron chi connectivity index (χ0n) is 27.2. The van der Waals surface area contributed by atoms with Crippen molar-refractivity contribution in [3.05, 3.63) is 187 Å². The van der Waals surface area contributed by atoms with Gasteiger partial charge in [-0.1, -0.05) is 146 Å². The maximum atomic E-state index is 5.47. The van der Waals surface area contributed by atoms with Crippen molar-refractivity contribution < 1.29 is 0 Å². The Morgan fingerprint density at radius 1 is 0.540 bits per heavy atom. The van der Waals surface area contributed by atoms with E-state index in [9.17, 15) is 0 Å². The van der Waals surface area contributed by atoms with Crippen molar-refractivity contribution >= 4 is 64.9 Å². The number of para-hydroxylation sites is 2. The van der Waals surface area contributed by atoms with Crippen LogP contribution in [-0.2, 0) is 0 Å². The summed E-state index contributed by atoms with van der Waals surface area (Å²) in [6.45, 7) is 0. The number of nitrogens with zero attached hydrogens (tertiary/aromatic N) is 3. The average molecular weight is 658 g/mol. The van der Waals surface area contributed by atoms with E-state index in [0.717, 1.165) is 34.8 Å². The van der Waals surface area contributed by atoms with Gasteiger partial charge in [-0.15, -0.1) is 11.3 Å². The second-order valence-corrected chi connectivity index (χ2v) is 14.0. The van der Waals surface area contributed by atoms with Crippen LogP contribution in [0.3, 0.4) is 0 Å². The summed E-state index contributed by atoms with van der Waals surface area (Å²) in [6.07, 6.45) is 0.748. The molecule has 9 aromatic rings. The van der Waals surface area contributed by atoms with Crippen molar-refractivity contribution in [2.75, 3.05) is 0 Å². The van der Waals surface area contributed by atoms with Gasteiger partial charge in [-0.25, -0.2) is 4.99 Å². The third-order valence-corrected chi connectivity index (χ3v) is 11.1. The Balaban J connectivity index is 1.30. The number of amidine groups is 1. The lowest BCUT2D eigenvalue weighted by molar-refractivity contribution is 0.754. The lowest BCUT2D eigenvalue weighted by Gasteiger charge is -2.22. The van der Waals surface area contributed by atoms with E-state index >= 15 is 0 Å². The van der Waals surface area contributed by atoms with E-state index in [1.807, 2.05) is 11.3 Å². The van der Waals surface area contributed by atoms with E-state index in [1.165, 1.54) is 58.7 Å². The first-order valence-electron chi connectivity index (χ1n) is 17.1. The van der Waals surface area contributed by atoms with Crippen molar-refractivity contribution in [1.82, 2.24) is 4.57 Å². The molecule has 1 atom stereocenters. The highest BCUT2D eigenvalue weighted by molar-refractivity contribution is 7.25. The van der Waals surface area contributed by atoms with Gasteiger partial charge in [0.05, 0.1) is 22.8 Å². The summed E-state index contributed by atoms with van der Waals surface area (Å²) in [6, 6.07) is 60.9. The number of hydrogen-bond acceptors (Lipinski definition) is 3. The molecule has 0 saturated heterocycles. The minimum absolute atomic E-state index is 0.0413. The summed E-state index contributed by atoms with van der Waals surface area (Å²) in [7, 11) is 0. The molecule has 0 bridgehead atoms. The maximum absolute atomic E-state index is 5.47. The highest BCUT2D eigenvalue weighted by Crippen LogP contribution is 2.43. The van der Waals surface area contributed by atoms with Gasteiger partial charge in [-0.05, 0) is 41.0 Å². The number of thiophene rings is 1. The fraction of sp³-hybridized carbons (Fsp3) is 0.0435. The SMILES string of the molecule is c1ccc(C2=NC(c3cc(-n4c5ccccc5c5cccc(-c6ccccc6)c54)cc4sc5ccccc5c34)=NC(c3ccccc3)C2)cc1. The quantitative estimate of drug-likeness (QED) is 0.176. The molecule has 1 unspecified atom stereocenters. The molecule has 3 heterocycles. The Labute approximate surface area is 294 Å². The van der Waals surface area contributed by atoms with Crippen LogP contribution < -0.4 is 0 Å². The monoisotopic (exact) mass is 657 g/mol. The van der Waals surface area contributed by atoms with Gasteiger partial charge < -0.3 is 4.57 Å². The van der Waals surface area contributed by atoms with Gasteiger partial charge in [0, 0.05) is 54.2 Å². The molecular formula is C46H31N3S. The Morgan fingerprint density at radius 3 is 2.00 bits per heavy atom. The smallest absolute Gasteiger partial charge is 0.156 e. The Hall–Kier alpha value is -6.10. The zero-order valence-corrected chi connectivity index (χ0v) is 28.0. The molecule has 0 radical (unpaired) electrons. The molecule has 0 spiro atoms. The first-order valence-corrected chi connectivity index (χ1v) is 17.9. The molecule has 10 rings (SSSR count). The summed E-state index contributed by atoms with van der Waals surface area (Å²) in [5, 5.41) is 4.93. The van der Waals surface area contributed by atoms with Gasteiger partial charge in [0.15, 0.2) is 5.84 Å².